The van der Waals surface area contributed by atoms with E-state index in [2.05, 4.69) is 0 Å². The van der Waals surface area contributed by atoms with Crippen molar-refractivity contribution in [2.75, 3.05) is 0 Å². The maximum atomic E-state index is 12.4. The summed E-state index contributed by atoms with van der Waals surface area (Å²) in [7, 11) is 0. The van der Waals surface area contributed by atoms with Gasteiger partial charge in [0.05, 0.1) is 0 Å². The maximum absolute atomic E-state index is 12.4. The summed E-state index contributed by atoms with van der Waals surface area (Å²) in [5, 5.41) is 0. The van der Waals surface area contributed by atoms with Gasteiger partial charge >= 0.3 is 65.2 Å². The molecule has 0 spiro atoms. The van der Waals surface area contributed by atoms with E-state index in [1.807, 2.05) is 0 Å². The Balaban J connectivity index is 0.000001000. The van der Waals surface area contributed by atoms with Crippen LogP contribution in [0.3, 0.4) is 0 Å². The van der Waals surface area contributed by atoms with E-state index in [4.69, 9.17) is 0 Å². The first-order chi connectivity index (χ1) is 4.63. The van der Waals surface area contributed by atoms with Crippen molar-refractivity contribution >= 4 is 21.1 Å². The van der Waals surface area contributed by atoms with E-state index in [9.17, 15) is 13.2 Å². The van der Waals surface area contributed by atoms with Gasteiger partial charge in [-0.1, -0.05) is 0 Å². The van der Waals surface area contributed by atoms with Crippen LogP contribution in [-0.2, 0) is 18.3 Å². The van der Waals surface area contributed by atoms with E-state index in [0.717, 1.165) is 6.07 Å². The van der Waals surface area contributed by atoms with Crippen molar-refractivity contribution in [2.45, 2.75) is 0 Å². The molecule has 0 bridgehead atoms. The van der Waals surface area contributed by atoms with Crippen LogP contribution in [0.4, 0.5) is 13.2 Å². The molecule has 0 saturated heterocycles. The third-order valence-corrected chi connectivity index (χ3v) is 2.26. The molecular formula is C6H3BrF3Zn. The predicted octanol–water partition coefficient (Wildman–Crippen LogP) is 1.85. The molecule has 0 saturated carbocycles. The molecule has 0 aromatic heterocycles. The van der Waals surface area contributed by atoms with Gasteiger partial charge in [-0.2, -0.15) is 0 Å². The quantitative estimate of drug-likeness (QED) is 0.501. The van der Waals surface area contributed by atoms with E-state index in [0.29, 0.717) is 18.3 Å². The number of benzene rings is 1. The average molecular weight is 277 g/mol. The second-order valence-corrected chi connectivity index (χ2v) is 3.43. The molecule has 11 heavy (non-hydrogen) atoms. The number of rotatable bonds is 0. The Kier molecular flexibility index (Phi) is 4.26. The molecule has 0 radical (unpaired) electrons. The van der Waals surface area contributed by atoms with Crippen LogP contribution in [-0.4, -0.2) is 0 Å². The number of hydrogen-bond donors (Lipinski definition) is 0. The summed E-state index contributed by atoms with van der Waals surface area (Å²) < 4.78 is 37.1. The van der Waals surface area contributed by atoms with Gasteiger partial charge in [-0.05, 0) is 0 Å². The third kappa shape index (κ3) is 2.27. The van der Waals surface area contributed by atoms with E-state index in [1.165, 1.54) is 6.07 Å². The zero-order valence-electron chi connectivity index (χ0n) is 5.40. The number of halogens is 4. The Morgan fingerprint density at radius 3 is 2.00 bits per heavy atom. The standard InChI is InChI=1S/C6H2F3.BrH.Zn/c7-4-2-1-3-5(8)6(4)9;;/h1-2H;1H;. The van der Waals surface area contributed by atoms with Crippen LogP contribution in [0.2, 0.25) is 0 Å². The molecule has 0 atom stereocenters. The predicted molar refractivity (Wildman–Crippen MR) is 36.3 cm³/mol. The molecule has 0 aliphatic carbocycles. The molecule has 0 nitrogen and oxygen atoms in total. The zero-order chi connectivity index (χ0) is 7.72. The van der Waals surface area contributed by atoms with Gasteiger partial charge in [0.15, 0.2) is 0 Å². The Bertz CT molecular complexity index is 237. The van der Waals surface area contributed by atoms with Crippen molar-refractivity contribution in [2.24, 2.45) is 0 Å². The van der Waals surface area contributed by atoms with Crippen molar-refractivity contribution in [3.05, 3.63) is 29.6 Å². The van der Waals surface area contributed by atoms with Crippen LogP contribution in [0.25, 0.3) is 0 Å². The summed E-state index contributed by atoms with van der Waals surface area (Å²) >= 11 is 0.489. The fourth-order valence-electron chi connectivity index (χ4n) is 0.566. The van der Waals surface area contributed by atoms with E-state index < -0.39 is 17.5 Å². The Morgan fingerprint density at radius 1 is 1.00 bits per heavy atom. The van der Waals surface area contributed by atoms with Crippen LogP contribution in [0.5, 0.6) is 0 Å². The molecule has 0 amide bonds. The first-order valence-corrected chi connectivity index (χ1v) is 4.06. The number of hydrogen-bond acceptors (Lipinski definition) is 0. The molecule has 0 heterocycles. The Labute approximate surface area is 82.2 Å². The average Bonchev–Trinajstić information content (AvgIpc) is 1.93. The molecule has 0 aliphatic heterocycles. The van der Waals surface area contributed by atoms with Crippen molar-refractivity contribution in [3.63, 3.8) is 0 Å². The molecule has 5 heteroatoms. The minimum absolute atomic E-state index is 0. The Hall–Kier alpha value is 0.113. The third-order valence-electron chi connectivity index (χ3n) is 1.12. The van der Waals surface area contributed by atoms with E-state index in [1.54, 1.807) is 0 Å². The van der Waals surface area contributed by atoms with Gasteiger partial charge in [0.1, 0.15) is 0 Å². The molecular weight excluding hydrogens is 274 g/mol. The monoisotopic (exact) mass is 275 g/mol. The SMILES string of the molecule is Br.Fc1cc[c]([Zn])c(F)c1F. The topological polar surface area (TPSA) is 0 Å². The van der Waals surface area contributed by atoms with Gasteiger partial charge < -0.3 is 0 Å². The van der Waals surface area contributed by atoms with Crippen molar-refractivity contribution in [3.8, 4) is 0 Å². The molecule has 57 valence electrons. The molecule has 0 aliphatic rings. The molecule has 0 unspecified atom stereocenters. The second-order valence-electron chi connectivity index (χ2n) is 1.83. The van der Waals surface area contributed by atoms with Crippen molar-refractivity contribution < 1.29 is 31.5 Å². The van der Waals surface area contributed by atoms with Gasteiger partial charge in [0.25, 0.3) is 0 Å². The van der Waals surface area contributed by atoms with Crippen molar-refractivity contribution in [1.29, 1.82) is 0 Å². The van der Waals surface area contributed by atoms with Crippen LogP contribution in [0.1, 0.15) is 0 Å². The molecule has 1 rings (SSSR count). The zero-order valence-corrected chi connectivity index (χ0v) is 10.1. The van der Waals surface area contributed by atoms with Gasteiger partial charge in [0.2, 0.25) is 0 Å². The van der Waals surface area contributed by atoms with Gasteiger partial charge in [-0.15, -0.1) is 17.0 Å². The summed E-state index contributed by atoms with van der Waals surface area (Å²) in [6.07, 6.45) is 0. The fraction of sp³-hybridized carbons (Fsp3) is 0. The van der Waals surface area contributed by atoms with Gasteiger partial charge in [-0.25, -0.2) is 0 Å². The van der Waals surface area contributed by atoms with Crippen LogP contribution >= 0.6 is 17.0 Å². The van der Waals surface area contributed by atoms with Gasteiger partial charge in [0, 0.05) is 0 Å². The first kappa shape index (κ1) is 11.1. The normalized spacial score (nSPS) is 9.18. The molecule has 0 fully saturated rings. The Morgan fingerprint density at radius 2 is 1.55 bits per heavy atom. The van der Waals surface area contributed by atoms with Gasteiger partial charge in [-0.3, -0.25) is 0 Å². The second kappa shape index (κ2) is 4.22. The summed E-state index contributed by atoms with van der Waals surface area (Å²) in [6.45, 7) is 0. The molecule has 1 aromatic carbocycles. The summed E-state index contributed by atoms with van der Waals surface area (Å²) in [4.78, 5) is 0. The van der Waals surface area contributed by atoms with Crippen LogP contribution < -0.4 is 4.16 Å². The molecule has 0 N–H and O–H groups in total. The summed E-state index contributed by atoms with van der Waals surface area (Å²) in [6, 6.07) is 2.17. The fourth-order valence-corrected chi connectivity index (χ4v) is 1.14. The minimum atomic E-state index is -1.37. The van der Waals surface area contributed by atoms with Crippen LogP contribution in [0, 0.1) is 17.5 Å². The van der Waals surface area contributed by atoms with Crippen LogP contribution in [0.15, 0.2) is 12.1 Å². The first-order valence-electron chi connectivity index (χ1n) is 2.58. The molecule has 1 aromatic rings. The van der Waals surface area contributed by atoms with E-state index >= 15 is 0 Å². The summed E-state index contributed by atoms with van der Waals surface area (Å²) in [5.74, 6) is -3.56. The summed E-state index contributed by atoms with van der Waals surface area (Å²) in [5.41, 5.74) is 0. The van der Waals surface area contributed by atoms with Crippen molar-refractivity contribution in [1.82, 2.24) is 0 Å². The van der Waals surface area contributed by atoms with E-state index in [-0.39, 0.29) is 21.1 Å².